The number of allylic oxidation sites excluding steroid dienone is 1. The van der Waals surface area contributed by atoms with Gasteiger partial charge in [0.05, 0.1) is 0 Å². The highest BCUT2D eigenvalue weighted by Crippen LogP contribution is 2.18. The molecule has 1 atom stereocenters. The third kappa shape index (κ3) is 3.65. The second-order valence-corrected chi connectivity index (χ2v) is 7.96. The van der Waals surface area contributed by atoms with Crippen LogP contribution in [0.2, 0.25) is 12.6 Å². The van der Waals surface area contributed by atoms with Gasteiger partial charge in [0.25, 0.3) is 0 Å². The molecular weight excluding hydrogens is 174 g/mol. The van der Waals surface area contributed by atoms with E-state index in [1.807, 2.05) is 0 Å². The fourth-order valence-electron chi connectivity index (χ4n) is 2.16. The molecule has 0 heterocycles. The first kappa shape index (κ1) is 12.9. The molecule has 0 radical (unpaired) electrons. The van der Waals surface area contributed by atoms with Gasteiger partial charge in [-0.3, -0.25) is 0 Å². The molecule has 13 heavy (non-hydrogen) atoms. The standard InChI is InChI=1S/C11H25NSi/c1-6-10-13(5,11-7-2)12(8-3)9-4/h6,10H,7-9,11H2,1-5H3. The Bertz CT molecular complexity index is 152. The van der Waals surface area contributed by atoms with Crippen LogP contribution in [0.1, 0.15) is 34.1 Å². The fraction of sp³-hybridized carbons (Fsp3) is 0.818. The summed E-state index contributed by atoms with van der Waals surface area (Å²) in [6.07, 6.45) is 3.55. The molecule has 0 aromatic carbocycles. The third-order valence-electron chi connectivity index (χ3n) is 2.77. The summed E-state index contributed by atoms with van der Waals surface area (Å²) < 4.78 is 2.66. The van der Waals surface area contributed by atoms with Crippen LogP contribution in [0, 0.1) is 0 Å². The summed E-state index contributed by atoms with van der Waals surface area (Å²) in [5, 5.41) is 0. The molecule has 0 aromatic rings. The van der Waals surface area contributed by atoms with Crippen LogP contribution in [0.5, 0.6) is 0 Å². The number of hydrogen-bond donors (Lipinski definition) is 0. The summed E-state index contributed by atoms with van der Waals surface area (Å²) in [4.78, 5) is 0. The maximum atomic E-state index is 2.66. The summed E-state index contributed by atoms with van der Waals surface area (Å²) in [6, 6.07) is 1.39. The smallest absolute Gasteiger partial charge is 0.149 e. The van der Waals surface area contributed by atoms with Crippen molar-refractivity contribution in [3.8, 4) is 0 Å². The maximum absolute atomic E-state index is 2.66. The van der Waals surface area contributed by atoms with E-state index < -0.39 is 8.24 Å². The highest BCUT2D eigenvalue weighted by molar-refractivity contribution is 6.80. The van der Waals surface area contributed by atoms with Crippen LogP contribution in [0.3, 0.4) is 0 Å². The normalized spacial score (nSPS) is 16.8. The Labute approximate surface area is 84.9 Å². The van der Waals surface area contributed by atoms with E-state index in [0.717, 1.165) is 0 Å². The summed E-state index contributed by atoms with van der Waals surface area (Å²) in [5.41, 5.74) is 2.48. The number of rotatable bonds is 6. The predicted octanol–water partition coefficient (Wildman–Crippen LogP) is 3.43. The van der Waals surface area contributed by atoms with E-state index in [4.69, 9.17) is 0 Å². The van der Waals surface area contributed by atoms with Gasteiger partial charge in [-0.2, -0.15) is 0 Å². The van der Waals surface area contributed by atoms with Gasteiger partial charge in [-0.05, 0) is 26.1 Å². The second kappa shape index (κ2) is 6.38. The fourth-order valence-corrected chi connectivity index (χ4v) is 6.03. The summed E-state index contributed by atoms with van der Waals surface area (Å²) >= 11 is 0. The first-order valence-corrected chi connectivity index (χ1v) is 8.26. The SMILES string of the molecule is CC=C[Si](C)(CCC)N(CC)CC. The zero-order chi connectivity index (χ0) is 10.3. The van der Waals surface area contributed by atoms with Crippen LogP contribution in [0.4, 0.5) is 0 Å². The Hall–Kier alpha value is -0.0831. The van der Waals surface area contributed by atoms with Crippen LogP contribution < -0.4 is 0 Å². The molecule has 78 valence electrons. The lowest BCUT2D eigenvalue weighted by Crippen LogP contribution is -2.49. The molecule has 1 unspecified atom stereocenters. The van der Waals surface area contributed by atoms with Gasteiger partial charge >= 0.3 is 0 Å². The van der Waals surface area contributed by atoms with E-state index in [1.54, 1.807) is 0 Å². The minimum atomic E-state index is -1.23. The summed E-state index contributed by atoms with van der Waals surface area (Å²) in [6.45, 7) is 13.8. The Balaban J connectivity index is 4.53. The molecule has 0 aromatic heterocycles. The van der Waals surface area contributed by atoms with Gasteiger partial charge in [-0.15, -0.1) is 0 Å². The zero-order valence-electron chi connectivity index (χ0n) is 9.93. The molecule has 1 nitrogen and oxygen atoms in total. The lowest BCUT2D eigenvalue weighted by atomic mass is 10.6. The van der Waals surface area contributed by atoms with E-state index in [0.29, 0.717) is 0 Å². The van der Waals surface area contributed by atoms with Crippen molar-refractivity contribution in [3.05, 3.63) is 11.8 Å². The second-order valence-electron chi connectivity index (χ2n) is 3.78. The highest BCUT2D eigenvalue weighted by Gasteiger charge is 2.28. The van der Waals surface area contributed by atoms with Gasteiger partial charge in [0.1, 0.15) is 8.24 Å². The largest absolute Gasteiger partial charge is 0.321 e. The van der Waals surface area contributed by atoms with Gasteiger partial charge in [-0.25, -0.2) is 0 Å². The Morgan fingerprint density at radius 3 is 2.00 bits per heavy atom. The van der Waals surface area contributed by atoms with Crippen LogP contribution in [-0.4, -0.2) is 25.9 Å². The van der Waals surface area contributed by atoms with Crippen molar-refractivity contribution in [2.24, 2.45) is 0 Å². The average Bonchev–Trinajstić information content (AvgIpc) is 2.07. The number of nitrogens with zero attached hydrogens (tertiary/aromatic N) is 1. The van der Waals surface area contributed by atoms with E-state index >= 15 is 0 Å². The van der Waals surface area contributed by atoms with Crippen LogP contribution in [0.15, 0.2) is 11.8 Å². The minimum absolute atomic E-state index is 1.20. The van der Waals surface area contributed by atoms with Crippen molar-refractivity contribution in [1.29, 1.82) is 0 Å². The monoisotopic (exact) mass is 199 g/mol. The van der Waals surface area contributed by atoms with Gasteiger partial charge in [0, 0.05) is 0 Å². The summed E-state index contributed by atoms with van der Waals surface area (Å²) in [5.74, 6) is 0. The van der Waals surface area contributed by atoms with E-state index in [-0.39, 0.29) is 0 Å². The molecule has 0 aliphatic rings. The molecule has 0 aliphatic heterocycles. The molecule has 0 spiro atoms. The molecule has 0 N–H and O–H groups in total. The lowest BCUT2D eigenvalue weighted by molar-refractivity contribution is 0.467. The average molecular weight is 199 g/mol. The lowest BCUT2D eigenvalue weighted by Gasteiger charge is -2.36. The molecule has 0 aliphatic carbocycles. The van der Waals surface area contributed by atoms with Crippen molar-refractivity contribution >= 4 is 8.24 Å². The topological polar surface area (TPSA) is 3.24 Å². The van der Waals surface area contributed by atoms with E-state index in [9.17, 15) is 0 Å². The van der Waals surface area contributed by atoms with Crippen molar-refractivity contribution in [3.63, 3.8) is 0 Å². The van der Waals surface area contributed by atoms with Crippen molar-refractivity contribution in [2.45, 2.75) is 46.7 Å². The summed E-state index contributed by atoms with van der Waals surface area (Å²) in [7, 11) is -1.23. The zero-order valence-corrected chi connectivity index (χ0v) is 10.9. The molecule has 0 saturated carbocycles. The molecule has 2 heteroatoms. The third-order valence-corrected chi connectivity index (χ3v) is 7.41. The number of hydrogen-bond acceptors (Lipinski definition) is 1. The first-order chi connectivity index (χ1) is 6.14. The Morgan fingerprint density at radius 1 is 1.15 bits per heavy atom. The maximum Gasteiger partial charge on any atom is 0.149 e. The van der Waals surface area contributed by atoms with Crippen molar-refractivity contribution in [2.75, 3.05) is 13.1 Å². The van der Waals surface area contributed by atoms with Gasteiger partial charge in [-0.1, -0.05) is 45.5 Å². The van der Waals surface area contributed by atoms with Crippen molar-refractivity contribution < 1.29 is 0 Å². The Kier molecular flexibility index (Phi) is 6.34. The molecule has 0 rings (SSSR count). The first-order valence-electron chi connectivity index (χ1n) is 5.53. The van der Waals surface area contributed by atoms with E-state index in [2.05, 4.69) is 50.6 Å². The van der Waals surface area contributed by atoms with Gasteiger partial charge in [0.15, 0.2) is 0 Å². The molecular formula is C11H25NSi. The van der Waals surface area contributed by atoms with Crippen molar-refractivity contribution in [1.82, 2.24) is 4.57 Å². The van der Waals surface area contributed by atoms with Crippen LogP contribution >= 0.6 is 0 Å². The van der Waals surface area contributed by atoms with Gasteiger partial charge in [0.2, 0.25) is 0 Å². The predicted molar refractivity (Wildman–Crippen MR) is 64.5 cm³/mol. The Morgan fingerprint density at radius 2 is 1.69 bits per heavy atom. The van der Waals surface area contributed by atoms with Gasteiger partial charge < -0.3 is 4.57 Å². The molecule has 0 saturated heterocycles. The highest BCUT2D eigenvalue weighted by atomic mass is 28.3. The molecule has 0 amide bonds. The molecule has 0 fully saturated rings. The minimum Gasteiger partial charge on any atom is -0.321 e. The van der Waals surface area contributed by atoms with Crippen LogP contribution in [0.25, 0.3) is 0 Å². The van der Waals surface area contributed by atoms with E-state index in [1.165, 1.54) is 25.6 Å². The quantitative estimate of drug-likeness (QED) is 0.592. The van der Waals surface area contributed by atoms with Crippen LogP contribution in [-0.2, 0) is 0 Å². The molecule has 0 bridgehead atoms.